The van der Waals surface area contributed by atoms with E-state index in [0.717, 1.165) is 30.9 Å². The normalized spacial score (nSPS) is 11.5. The second-order valence-corrected chi connectivity index (χ2v) is 6.30. The molecule has 2 aromatic carbocycles. The molecule has 0 radical (unpaired) electrons. The van der Waals surface area contributed by atoms with Crippen LogP contribution in [-0.4, -0.2) is 43.1 Å². The molecule has 2 N–H and O–H groups in total. The number of rotatable bonds is 8. The van der Waals surface area contributed by atoms with Crippen LogP contribution in [0.5, 0.6) is 5.88 Å². The predicted molar refractivity (Wildman–Crippen MR) is 108 cm³/mol. The first-order valence-electron chi connectivity index (χ1n) is 9.01. The van der Waals surface area contributed by atoms with Crippen LogP contribution in [0.3, 0.4) is 0 Å². The Morgan fingerprint density at radius 1 is 1.19 bits per heavy atom. The molecular formula is C21H24FN3O2. The van der Waals surface area contributed by atoms with Crippen molar-refractivity contribution in [2.45, 2.75) is 13.3 Å². The Labute approximate surface area is 158 Å². The summed E-state index contributed by atoms with van der Waals surface area (Å²) < 4.78 is 19.3. The number of ether oxygens (including phenoxy) is 1. The summed E-state index contributed by atoms with van der Waals surface area (Å²) in [4.78, 5) is 9.42. The van der Waals surface area contributed by atoms with Crippen LogP contribution in [0.4, 0.5) is 15.8 Å². The van der Waals surface area contributed by atoms with E-state index in [1.54, 1.807) is 19.2 Å². The van der Waals surface area contributed by atoms with Gasteiger partial charge in [-0.3, -0.25) is 4.99 Å². The standard InChI is InChI=1S/C21H24FN3O2/c1-3-11-25(12-13-27-2)16-9-7-15(8-10-16)23-14-17-20-18(22)5-4-6-19(20)24-21(17)26/h4-10,14,24,26H,3,11-13H2,1-2H3. The summed E-state index contributed by atoms with van der Waals surface area (Å²) in [7, 11) is 1.70. The molecule has 0 aliphatic rings. The molecule has 27 heavy (non-hydrogen) atoms. The molecule has 0 saturated carbocycles. The van der Waals surface area contributed by atoms with Crippen LogP contribution in [0, 0.1) is 5.82 Å². The van der Waals surface area contributed by atoms with Crippen molar-refractivity contribution in [3.8, 4) is 5.88 Å². The van der Waals surface area contributed by atoms with E-state index in [1.165, 1.54) is 12.3 Å². The summed E-state index contributed by atoms with van der Waals surface area (Å²) in [6.45, 7) is 4.60. The molecule has 5 nitrogen and oxygen atoms in total. The molecule has 0 fully saturated rings. The van der Waals surface area contributed by atoms with Crippen LogP contribution in [0.2, 0.25) is 0 Å². The summed E-state index contributed by atoms with van der Waals surface area (Å²) in [5.74, 6) is -0.488. The van der Waals surface area contributed by atoms with E-state index in [2.05, 4.69) is 21.8 Å². The fourth-order valence-electron chi connectivity index (χ4n) is 3.07. The van der Waals surface area contributed by atoms with Crippen molar-refractivity contribution < 1.29 is 14.2 Å². The number of nitrogens with zero attached hydrogens (tertiary/aromatic N) is 2. The maximum absolute atomic E-state index is 14.1. The van der Waals surface area contributed by atoms with Gasteiger partial charge in [0.25, 0.3) is 0 Å². The number of aromatic nitrogens is 1. The van der Waals surface area contributed by atoms with Crippen molar-refractivity contribution in [1.82, 2.24) is 4.98 Å². The third-order valence-electron chi connectivity index (χ3n) is 4.41. The minimum Gasteiger partial charge on any atom is -0.494 e. The lowest BCUT2D eigenvalue weighted by Gasteiger charge is -2.24. The number of fused-ring (bicyclic) bond motifs is 1. The number of aromatic hydroxyl groups is 1. The Balaban J connectivity index is 1.81. The average Bonchev–Trinajstić information content (AvgIpc) is 3.00. The monoisotopic (exact) mass is 369 g/mol. The highest BCUT2D eigenvalue weighted by Gasteiger charge is 2.12. The van der Waals surface area contributed by atoms with Crippen molar-refractivity contribution in [1.29, 1.82) is 0 Å². The highest BCUT2D eigenvalue weighted by atomic mass is 19.1. The number of benzene rings is 2. The number of nitrogens with one attached hydrogen (secondary N) is 1. The van der Waals surface area contributed by atoms with Crippen LogP contribution in [0.25, 0.3) is 10.9 Å². The SMILES string of the molecule is CCCN(CCOC)c1ccc(N=Cc2c(O)[nH]c3cccc(F)c23)cc1. The lowest BCUT2D eigenvalue weighted by atomic mass is 10.1. The molecule has 6 heteroatoms. The Hall–Kier alpha value is -2.86. The van der Waals surface area contributed by atoms with Crippen LogP contribution in [-0.2, 0) is 4.74 Å². The number of halogens is 1. The molecule has 0 amide bonds. The summed E-state index contributed by atoms with van der Waals surface area (Å²) in [6.07, 6.45) is 2.54. The molecule has 0 aliphatic carbocycles. The molecule has 3 rings (SSSR count). The van der Waals surface area contributed by atoms with E-state index in [9.17, 15) is 9.50 Å². The largest absolute Gasteiger partial charge is 0.494 e. The lowest BCUT2D eigenvalue weighted by molar-refractivity contribution is 0.205. The Morgan fingerprint density at radius 3 is 2.67 bits per heavy atom. The van der Waals surface area contributed by atoms with E-state index in [1.807, 2.05) is 24.3 Å². The topological polar surface area (TPSA) is 60.9 Å². The number of anilines is 1. The summed E-state index contributed by atoms with van der Waals surface area (Å²) >= 11 is 0. The summed E-state index contributed by atoms with van der Waals surface area (Å²) in [6, 6.07) is 12.5. The number of methoxy groups -OCH3 is 1. The number of aromatic amines is 1. The maximum atomic E-state index is 14.1. The fraction of sp³-hybridized carbons (Fsp3) is 0.286. The van der Waals surface area contributed by atoms with Gasteiger partial charge in [-0.2, -0.15) is 0 Å². The van der Waals surface area contributed by atoms with Crippen molar-refractivity contribution in [2.24, 2.45) is 4.99 Å². The number of hydrogen-bond acceptors (Lipinski definition) is 4. The number of hydrogen-bond donors (Lipinski definition) is 2. The third-order valence-corrected chi connectivity index (χ3v) is 4.41. The van der Waals surface area contributed by atoms with Gasteiger partial charge in [0, 0.05) is 37.5 Å². The molecular weight excluding hydrogens is 345 g/mol. The van der Waals surface area contributed by atoms with Crippen molar-refractivity contribution >= 4 is 28.5 Å². The van der Waals surface area contributed by atoms with Crippen LogP contribution in [0.15, 0.2) is 47.5 Å². The zero-order valence-corrected chi connectivity index (χ0v) is 15.6. The molecule has 3 aromatic rings. The van der Waals surface area contributed by atoms with Gasteiger partial charge in [-0.1, -0.05) is 13.0 Å². The minimum absolute atomic E-state index is 0.0934. The Morgan fingerprint density at radius 2 is 1.96 bits per heavy atom. The molecule has 0 unspecified atom stereocenters. The molecule has 1 heterocycles. The first-order chi connectivity index (χ1) is 13.1. The Bertz CT molecular complexity index is 919. The highest BCUT2D eigenvalue weighted by molar-refractivity contribution is 6.02. The second kappa shape index (κ2) is 8.68. The van der Waals surface area contributed by atoms with Gasteiger partial charge in [0.2, 0.25) is 0 Å². The first-order valence-corrected chi connectivity index (χ1v) is 9.01. The number of H-pyrrole nitrogens is 1. The Kier molecular flexibility index (Phi) is 6.08. The summed E-state index contributed by atoms with van der Waals surface area (Å²) in [5.41, 5.74) is 2.72. The van der Waals surface area contributed by atoms with Crippen LogP contribution >= 0.6 is 0 Å². The zero-order valence-electron chi connectivity index (χ0n) is 15.6. The van der Waals surface area contributed by atoms with E-state index >= 15 is 0 Å². The van der Waals surface area contributed by atoms with Gasteiger partial charge in [0.1, 0.15) is 5.82 Å². The molecule has 0 aliphatic heterocycles. The average molecular weight is 369 g/mol. The van der Waals surface area contributed by atoms with E-state index in [0.29, 0.717) is 23.1 Å². The van der Waals surface area contributed by atoms with Gasteiger partial charge in [0.05, 0.1) is 23.4 Å². The van der Waals surface area contributed by atoms with Gasteiger partial charge in [-0.05, 0) is 42.8 Å². The van der Waals surface area contributed by atoms with E-state index in [-0.39, 0.29) is 5.88 Å². The van der Waals surface area contributed by atoms with Gasteiger partial charge < -0.3 is 19.7 Å². The molecule has 0 bridgehead atoms. The van der Waals surface area contributed by atoms with Gasteiger partial charge in [-0.15, -0.1) is 0 Å². The van der Waals surface area contributed by atoms with E-state index in [4.69, 9.17) is 4.74 Å². The van der Waals surface area contributed by atoms with Crippen molar-refractivity contribution in [3.63, 3.8) is 0 Å². The maximum Gasteiger partial charge on any atom is 0.198 e. The minimum atomic E-state index is -0.394. The molecule has 0 saturated heterocycles. The number of aliphatic imine (C=N–C) groups is 1. The van der Waals surface area contributed by atoms with Crippen LogP contribution in [0.1, 0.15) is 18.9 Å². The predicted octanol–water partition coefficient (Wildman–Crippen LogP) is 4.63. The third kappa shape index (κ3) is 4.28. The quantitative estimate of drug-likeness (QED) is 0.569. The lowest BCUT2D eigenvalue weighted by Crippen LogP contribution is -2.27. The van der Waals surface area contributed by atoms with Gasteiger partial charge in [0.15, 0.2) is 5.88 Å². The van der Waals surface area contributed by atoms with Gasteiger partial charge in [-0.25, -0.2) is 4.39 Å². The van der Waals surface area contributed by atoms with Crippen LogP contribution < -0.4 is 4.90 Å². The van der Waals surface area contributed by atoms with Crippen molar-refractivity contribution in [3.05, 3.63) is 53.8 Å². The highest BCUT2D eigenvalue weighted by Crippen LogP contribution is 2.28. The van der Waals surface area contributed by atoms with E-state index < -0.39 is 5.82 Å². The smallest absolute Gasteiger partial charge is 0.198 e. The fourth-order valence-corrected chi connectivity index (χ4v) is 3.07. The zero-order chi connectivity index (χ0) is 19.2. The molecule has 0 spiro atoms. The van der Waals surface area contributed by atoms with Crippen molar-refractivity contribution in [2.75, 3.05) is 31.7 Å². The van der Waals surface area contributed by atoms with Gasteiger partial charge >= 0.3 is 0 Å². The molecule has 142 valence electrons. The molecule has 0 atom stereocenters. The first kappa shape index (κ1) is 18.9. The molecule has 1 aromatic heterocycles. The summed E-state index contributed by atoms with van der Waals surface area (Å²) in [5, 5.41) is 10.4. The second-order valence-electron chi connectivity index (χ2n) is 6.30.